The van der Waals surface area contributed by atoms with Crippen LogP contribution in [0, 0.1) is 13.8 Å². The standard InChI is InChI=1S/C12H23N3O/c1-10-11(2)15(9-14-10)7-5-6-12(3,8-16)13-4/h9,13,16H,5-8H2,1-4H3. The summed E-state index contributed by atoms with van der Waals surface area (Å²) in [6.45, 7) is 7.29. The van der Waals surface area contributed by atoms with E-state index in [9.17, 15) is 5.11 Å². The van der Waals surface area contributed by atoms with Crippen LogP contribution in [0.25, 0.3) is 0 Å². The first-order chi connectivity index (χ1) is 7.52. The van der Waals surface area contributed by atoms with Gasteiger partial charge >= 0.3 is 0 Å². The van der Waals surface area contributed by atoms with Crippen molar-refractivity contribution in [1.82, 2.24) is 14.9 Å². The van der Waals surface area contributed by atoms with E-state index in [0.29, 0.717) is 0 Å². The van der Waals surface area contributed by atoms with Gasteiger partial charge in [0.25, 0.3) is 0 Å². The van der Waals surface area contributed by atoms with Crippen LogP contribution in [0.4, 0.5) is 0 Å². The van der Waals surface area contributed by atoms with Crippen molar-refractivity contribution in [2.24, 2.45) is 0 Å². The second-order valence-electron chi connectivity index (χ2n) is 4.68. The van der Waals surface area contributed by atoms with E-state index in [2.05, 4.69) is 21.8 Å². The van der Waals surface area contributed by atoms with Gasteiger partial charge in [-0.05, 0) is 40.7 Å². The van der Waals surface area contributed by atoms with Crippen LogP contribution in [-0.2, 0) is 6.54 Å². The number of nitrogens with zero attached hydrogens (tertiary/aromatic N) is 2. The van der Waals surface area contributed by atoms with Gasteiger partial charge < -0.3 is 15.0 Å². The lowest BCUT2D eigenvalue weighted by Gasteiger charge is -2.26. The van der Waals surface area contributed by atoms with Gasteiger partial charge in [0.2, 0.25) is 0 Å². The molecule has 0 saturated heterocycles. The number of rotatable bonds is 6. The lowest BCUT2D eigenvalue weighted by Crippen LogP contribution is -2.43. The zero-order valence-electron chi connectivity index (χ0n) is 10.7. The molecular weight excluding hydrogens is 202 g/mol. The maximum absolute atomic E-state index is 9.26. The molecule has 0 aliphatic rings. The van der Waals surface area contributed by atoms with Crippen LogP contribution in [0.3, 0.4) is 0 Å². The summed E-state index contributed by atoms with van der Waals surface area (Å²) in [5.41, 5.74) is 2.16. The van der Waals surface area contributed by atoms with E-state index in [-0.39, 0.29) is 12.1 Å². The van der Waals surface area contributed by atoms with Gasteiger partial charge in [-0.1, -0.05) is 0 Å². The Kier molecular flexibility index (Phi) is 4.50. The van der Waals surface area contributed by atoms with Crippen LogP contribution in [0.15, 0.2) is 6.33 Å². The van der Waals surface area contributed by atoms with Crippen LogP contribution in [-0.4, -0.2) is 33.9 Å². The van der Waals surface area contributed by atoms with E-state index in [1.54, 1.807) is 0 Å². The summed E-state index contributed by atoms with van der Waals surface area (Å²) in [7, 11) is 1.89. The van der Waals surface area contributed by atoms with Gasteiger partial charge in [0.15, 0.2) is 0 Å². The first kappa shape index (κ1) is 13.2. The van der Waals surface area contributed by atoms with Crippen molar-refractivity contribution >= 4 is 0 Å². The number of aliphatic hydroxyl groups is 1. The van der Waals surface area contributed by atoms with E-state index >= 15 is 0 Å². The molecule has 4 heteroatoms. The second-order valence-corrected chi connectivity index (χ2v) is 4.68. The molecule has 0 aromatic carbocycles. The van der Waals surface area contributed by atoms with Crippen LogP contribution in [0.1, 0.15) is 31.2 Å². The van der Waals surface area contributed by atoms with Crippen LogP contribution >= 0.6 is 0 Å². The Balaban J connectivity index is 2.44. The van der Waals surface area contributed by atoms with Gasteiger partial charge in [-0.25, -0.2) is 4.98 Å². The molecule has 1 atom stereocenters. The van der Waals surface area contributed by atoms with Crippen molar-refractivity contribution in [2.75, 3.05) is 13.7 Å². The third-order valence-electron chi connectivity index (χ3n) is 3.43. The lowest BCUT2D eigenvalue weighted by molar-refractivity contribution is 0.170. The molecule has 1 aromatic rings. The summed E-state index contributed by atoms with van der Waals surface area (Å²) < 4.78 is 2.17. The van der Waals surface area contributed by atoms with Crippen molar-refractivity contribution in [3.05, 3.63) is 17.7 Å². The van der Waals surface area contributed by atoms with E-state index in [4.69, 9.17) is 0 Å². The Morgan fingerprint density at radius 1 is 1.50 bits per heavy atom. The van der Waals surface area contributed by atoms with Gasteiger partial charge in [-0.2, -0.15) is 0 Å². The highest BCUT2D eigenvalue weighted by atomic mass is 16.3. The fourth-order valence-corrected chi connectivity index (χ4v) is 1.69. The number of nitrogens with one attached hydrogen (secondary N) is 1. The van der Waals surface area contributed by atoms with Gasteiger partial charge in [0, 0.05) is 17.8 Å². The van der Waals surface area contributed by atoms with Gasteiger partial charge in [-0.15, -0.1) is 0 Å². The summed E-state index contributed by atoms with van der Waals surface area (Å²) in [6, 6.07) is 0. The van der Waals surface area contributed by atoms with Crippen LogP contribution in [0.5, 0.6) is 0 Å². The average Bonchev–Trinajstić information content (AvgIpc) is 2.60. The summed E-state index contributed by atoms with van der Waals surface area (Å²) in [5.74, 6) is 0. The molecule has 16 heavy (non-hydrogen) atoms. The van der Waals surface area contributed by atoms with Crippen molar-refractivity contribution in [3.8, 4) is 0 Å². The Morgan fingerprint density at radius 3 is 2.62 bits per heavy atom. The number of likely N-dealkylation sites (N-methyl/N-ethyl adjacent to an activating group) is 1. The lowest BCUT2D eigenvalue weighted by atomic mass is 9.97. The molecule has 2 N–H and O–H groups in total. The zero-order chi connectivity index (χ0) is 12.2. The molecule has 0 amide bonds. The minimum atomic E-state index is -0.163. The minimum Gasteiger partial charge on any atom is -0.394 e. The summed E-state index contributed by atoms with van der Waals surface area (Å²) in [4.78, 5) is 4.27. The quantitative estimate of drug-likeness (QED) is 0.766. The predicted octanol–water partition coefficient (Wildman–Crippen LogP) is 1.25. The topological polar surface area (TPSA) is 50.1 Å². The SMILES string of the molecule is CNC(C)(CO)CCCn1cnc(C)c1C. The Hall–Kier alpha value is -0.870. The van der Waals surface area contributed by atoms with Gasteiger partial charge in [-0.3, -0.25) is 0 Å². The van der Waals surface area contributed by atoms with Crippen molar-refractivity contribution in [3.63, 3.8) is 0 Å². The first-order valence-corrected chi connectivity index (χ1v) is 5.80. The number of hydrogen-bond acceptors (Lipinski definition) is 3. The maximum atomic E-state index is 9.26. The predicted molar refractivity (Wildman–Crippen MR) is 65.5 cm³/mol. The molecule has 4 nitrogen and oxygen atoms in total. The molecule has 1 aromatic heterocycles. The highest BCUT2D eigenvalue weighted by Crippen LogP contribution is 2.13. The fourth-order valence-electron chi connectivity index (χ4n) is 1.69. The van der Waals surface area contributed by atoms with Crippen molar-refractivity contribution < 1.29 is 5.11 Å². The first-order valence-electron chi connectivity index (χ1n) is 5.80. The van der Waals surface area contributed by atoms with Crippen molar-refractivity contribution in [2.45, 2.75) is 45.7 Å². The Labute approximate surface area is 97.7 Å². The van der Waals surface area contributed by atoms with Gasteiger partial charge in [0.1, 0.15) is 0 Å². The molecule has 1 unspecified atom stereocenters. The Bertz CT molecular complexity index is 329. The molecule has 1 heterocycles. The number of aliphatic hydroxyl groups excluding tert-OH is 1. The summed E-state index contributed by atoms with van der Waals surface area (Å²) >= 11 is 0. The molecule has 0 bridgehead atoms. The van der Waals surface area contributed by atoms with Crippen molar-refractivity contribution in [1.29, 1.82) is 0 Å². The highest BCUT2D eigenvalue weighted by Gasteiger charge is 2.19. The van der Waals surface area contributed by atoms with E-state index in [1.807, 2.05) is 27.2 Å². The summed E-state index contributed by atoms with van der Waals surface area (Å²) in [5, 5.41) is 12.4. The molecule has 0 saturated carbocycles. The van der Waals surface area contributed by atoms with Crippen LogP contribution < -0.4 is 5.32 Å². The third-order valence-corrected chi connectivity index (χ3v) is 3.43. The molecule has 0 radical (unpaired) electrons. The van der Waals surface area contributed by atoms with Crippen LogP contribution in [0.2, 0.25) is 0 Å². The Morgan fingerprint density at radius 2 is 2.19 bits per heavy atom. The molecule has 0 fully saturated rings. The molecular formula is C12H23N3O. The summed E-state index contributed by atoms with van der Waals surface area (Å²) in [6.07, 6.45) is 3.88. The molecule has 0 aliphatic carbocycles. The second kappa shape index (κ2) is 5.46. The monoisotopic (exact) mass is 225 g/mol. The fraction of sp³-hybridized carbons (Fsp3) is 0.750. The third kappa shape index (κ3) is 3.06. The molecule has 1 rings (SSSR count). The number of aromatic nitrogens is 2. The van der Waals surface area contributed by atoms with E-state index in [0.717, 1.165) is 25.1 Å². The maximum Gasteiger partial charge on any atom is 0.0951 e. The molecule has 0 spiro atoms. The smallest absolute Gasteiger partial charge is 0.0951 e. The molecule has 0 aliphatic heterocycles. The minimum absolute atomic E-state index is 0.163. The number of aryl methyl sites for hydroxylation is 2. The zero-order valence-corrected chi connectivity index (χ0v) is 10.7. The number of hydrogen-bond donors (Lipinski definition) is 2. The largest absolute Gasteiger partial charge is 0.394 e. The normalized spacial score (nSPS) is 15.1. The van der Waals surface area contributed by atoms with E-state index < -0.39 is 0 Å². The average molecular weight is 225 g/mol. The number of imidazole rings is 1. The molecule has 92 valence electrons. The highest BCUT2D eigenvalue weighted by molar-refractivity contribution is 5.08. The van der Waals surface area contributed by atoms with Gasteiger partial charge in [0.05, 0.1) is 18.6 Å². The van der Waals surface area contributed by atoms with E-state index in [1.165, 1.54) is 5.69 Å².